The molecule has 1 aliphatic carbocycles. The Balaban J connectivity index is 2.14. The van der Waals surface area contributed by atoms with Crippen LogP contribution in [0.1, 0.15) is 36.0 Å². The zero-order valence-electron chi connectivity index (χ0n) is 9.16. The molecule has 1 aliphatic rings. The number of halogens is 1. The molecule has 0 aromatic heterocycles. The average Bonchev–Trinajstić information content (AvgIpc) is 2.30. The molecule has 1 saturated carbocycles. The quantitative estimate of drug-likeness (QED) is 0.804. The van der Waals surface area contributed by atoms with Crippen molar-refractivity contribution < 1.29 is 4.79 Å². The predicted molar refractivity (Wildman–Crippen MR) is 65.7 cm³/mol. The Labute approximate surface area is 101 Å². The van der Waals surface area contributed by atoms with E-state index in [4.69, 9.17) is 17.3 Å². The van der Waals surface area contributed by atoms with Gasteiger partial charge < -0.3 is 5.73 Å². The third kappa shape index (κ3) is 2.45. The van der Waals surface area contributed by atoms with E-state index in [1.807, 2.05) is 0 Å². The van der Waals surface area contributed by atoms with Gasteiger partial charge in [-0.25, -0.2) is 0 Å². The van der Waals surface area contributed by atoms with Gasteiger partial charge in [-0.15, -0.1) is 0 Å². The van der Waals surface area contributed by atoms with Crippen LogP contribution in [0.5, 0.6) is 0 Å². The summed E-state index contributed by atoms with van der Waals surface area (Å²) < 4.78 is 0. The monoisotopic (exact) mass is 237 g/mol. The molecule has 2 N–H and O–H groups in total. The van der Waals surface area contributed by atoms with Crippen LogP contribution in [0.15, 0.2) is 24.3 Å². The maximum atomic E-state index is 12.2. The van der Waals surface area contributed by atoms with Crippen LogP contribution < -0.4 is 5.73 Å². The molecule has 1 fully saturated rings. The van der Waals surface area contributed by atoms with Gasteiger partial charge in [0, 0.05) is 22.5 Å². The van der Waals surface area contributed by atoms with Crippen molar-refractivity contribution in [1.82, 2.24) is 0 Å². The lowest BCUT2D eigenvalue weighted by atomic mass is 9.80. The standard InChI is InChI=1S/C13H16ClNO/c14-10-7-5-9(6-8-10)13(16)11-3-1-2-4-12(11)15/h5-8,11-12H,1-4,15H2. The summed E-state index contributed by atoms with van der Waals surface area (Å²) in [5.74, 6) is 0.166. The molecule has 0 saturated heterocycles. The van der Waals surface area contributed by atoms with E-state index < -0.39 is 0 Å². The number of hydrogen-bond donors (Lipinski definition) is 1. The number of ketones is 1. The second-order valence-corrected chi connectivity index (χ2v) is 4.86. The van der Waals surface area contributed by atoms with Crippen LogP contribution in [0.4, 0.5) is 0 Å². The van der Waals surface area contributed by atoms with E-state index in [2.05, 4.69) is 0 Å². The van der Waals surface area contributed by atoms with Gasteiger partial charge in [0.2, 0.25) is 0 Å². The predicted octanol–water partition coefficient (Wildman–Crippen LogP) is 3.04. The number of hydrogen-bond acceptors (Lipinski definition) is 2. The first-order valence-electron chi connectivity index (χ1n) is 5.74. The summed E-state index contributed by atoms with van der Waals surface area (Å²) in [5, 5.41) is 0.657. The number of rotatable bonds is 2. The minimum absolute atomic E-state index is 0.00470. The molecule has 2 unspecified atom stereocenters. The molecule has 2 nitrogen and oxygen atoms in total. The molecule has 1 aromatic carbocycles. The van der Waals surface area contributed by atoms with E-state index in [-0.39, 0.29) is 17.7 Å². The van der Waals surface area contributed by atoms with Crippen LogP contribution in [0.25, 0.3) is 0 Å². The van der Waals surface area contributed by atoms with Crippen LogP contribution in [0, 0.1) is 5.92 Å². The van der Waals surface area contributed by atoms with Gasteiger partial charge in [0.15, 0.2) is 5.78 Å². The molecule has 1 aromatic rings. The normalized spacial score (nSPS) is 25.4. The first kappa shape index (κ1) is 11.6. The molecule has 0 heterocycles. The fraction of sp³-hybridized carbons (Fsp3) is 0.462. The van der Waals surface area contributed by atoms with Crippen molar-refractivity contribution in [3.05, 3.63) is 34.9 Å². The SMILES string of the molecule is NC1CCCCC1C(=O)c1ccc(Cl)cc1. The number of carbonyl (C=O) groups is 1. The molecule has 86 valence electrons. The summed E-state index contributed by atoms with van der Waals surface area (Å²) in [6.45, 7) is 0. The van der Waals surface area contributed by atoms with Gasteiger partial charge in [-0.2, -0.15) is 0 Å². The summed E-state index contributed by atoms with van der Waals surface area (Å²) in [4.78, 5) is 12.2. The van der Waals surface area contributed by atoms with E-state index in [0.717, 1.165) is 31.2 Å². The van der Waals surface area contributed by atoms with E-state index in [1.54, 1.807) is 24.3 Å². The lowest BCUT2D eigenvalue weighted by Gasteiger charge is -2.27. The zero-order chi connectivity index (χ0) is 11.5. The largest absolute Gasteiger partial charge is 0.327 e. The van der Waals surface area contributed by atoms with E-state index >= 15 is 0 Å². The third-order valence-electron chi connectivity index (χ3n) is 3.28. The fourth-order valence-corrected chi connectivity index (χ4v) is 2.44. The van der Waals surface area contributed by atoms with Gasteiger partial charge in [0.05, 0.1) is 0 Å². The Bertz CT molecular complexity index is 374. The first-order chi connectivity index (χ1) is 7.68. The van der Waals surface area contributed by atoms with Gasteiger partial charge in [-0.3, -0.25) is 4.79 Å². The van der Waals surface area contributed by atoms with Crippen molar-refractivity contribution in [3.8, 4) is 0 Å². The molecule has 3 heteroatoms. The van der Waals surface area contributed by atoms with Crippen molar-refractivity contribution in [3.63, 3.8) is 0 Å². The van der Waals surface area contributed by atoms with Gasteiger partial charge in [0.25, 0.3) is 0 Å². The van der Waals surface area contributed by atoms with Crippen LogP contribution >= 0.6 is 11.6 Å². The van der Waals surface area contributed by atoms with Crippen molar-refractivity contribution >= 4 is 17.4 Å². The average molecular weight is 238 g/mol. The van der Waals surface area contributed by atoms with Crippen molar-refractivity contribution in [1.29, 1.82) is 0 Å². The molecule has 2 atom stereocenters. The molecule has 0 spiro atoms. The number of Topliss-reactive ketones (excluding diaryl/α,β-unsaturated/α-hetero) is 1. The van der Waals surface area contributed by atoms with Gasteiger partial charge >= 0.3 is 0 Å². The Morgan fingerprint density at radius 2 is 1.81 bits per heavy atom. The van der Waals surface area contributed by atoms with Crippen LogP contribution in [0.2, 0.25) is 5.02 Å². The molecular formula is C13H16ClNO. The van der Waals surface area contributed by atoms with Crippen LogP contribution in [-0.4, -0.2) is 11.8 Å². The molecule has 0 radical (unpaired) electrons. The second kappa shape index (κ2) is 4.98. The summed E-state index contributed by atoms with van der Waals surface area (Å²) >= 11 is 5.79. The van der Waals surface area contributed by atoms with E-state index in [0.29, 0.717) is 5.02 Å². The van der Waals surface area contributed by atoms with Gasteiger partial charge in [-0.1, -0.05) is 24.4 Å². The third-order valence-corrected chi connectivity index (χ3v) is 3.54. The minimum Gasteiger partial charge on any atom is -0.327 e. The highest BCUT2D eigenvalue weighted by molar-refractivity contribution is 6.30. The summed E-state index contributed by atoms with van der Waals surface area (Å²) in [6, 6.07) is 7.10. The Hall–Kier alpha value is -0.860. The summed E-state index contributed by atoms with van der Waals surface area (Å²) in [5.41, 5.74) is 6.73. The van der Waals surface area contributed by atoms with Crippen molar-refractivity contribution in [2.24, 2.45) is 11.7 Å². The second-order valence-electron chi connectivity index (χ2n) is 4.43. The smallest absolute Gasteiger partial charge is 0.167 e. The Kier molecular flexibility index (Phi) is 3.62. The van der Waals surface area contributed by atoms with Crippen LogP contribution in [-0.2, 0) is 0 Å². The van der Waals surface area contributed by atoms with E-state index in [1.165, 1.54) is 0 Å². The topological polar surface area (TPSA) is 43.1 Å². The molecule has 16 heavy (non-hydrogen) atoms. The molecule has 2 rings (SSSR count). The highest BCUT2D eigenvalue weighted by Crippen LogP contribution is 2.26. The minimum atomic E-state index is -0.00470. The fourth-order valence-electron chi connectivity index (χ4n) is 2.31. The Morgan fingerprint density at radius 1 is 1.19 bits per heavy atom. The van der Waals surface area contributed by atoms with Crippen molar-refractivity contribution in [2.45, 2.75) is 31.7 Å². The van der Waals surface area contributed by atoms with Crippen LogP contribution in [0.3, 0.4) is 0 Å². The number of benzene rings is 1. The van der Waals surface area contributed by atoms with Gasteiger partial charge in [-0.05, 0) is 37.1 Å². The summed E-state index contributed by atoms with van der Waals surface area (Å²) in [6.07, 6.45) is 4.13. The molecule has 0 bridgehead atoms. The van der Waals surface area contributed by atoms with E-state index in [9.17, 15) is 4.79 Å². The first-order valence-corrected chi connectivity index (χ1v) is 6.11. The lowest BCUT2D eigenvalue weighted by Crippen LogP contribution is -2.38. The maximum absolute atomic E-state index is 12.2. The number of carbonyl (C=O) groups excluding carboxylic acids is 1. The molecule has 0 aliphatic heterocycles. The molecular weight excluding hydrogens is 222 g/mol. The maximum Gasteiger partial charge on any atom is 0.167 e. The zero-order valence-corrected chi connectivity index (χ0v) is 9.91. The Morgan fingerprint density at radius 3 is 2.44 bits per heavy atom. The summed E-state index contributed by atoms with van der Waals surface area (Å²) in [7, 11) is 0. The van der Waals surface area contributed by atoms with Crippen molar-refractivity contribution in [2.75, 3.05) is 0 Å². The van der Waals surface area contributed by atoms with Gasteiger partial charge in [0.1, 0.15) is 0 Å². The number of nitrogens with two attached hydrogens (primary N) is 1. The lowest BCUT2D eigenvalue weighted by molar-refractivity contribution is 0.0871. The highest BCUT2D eigenvalue weighted by Gasteiger charge is 2.28. The highest BCUT2D eigenvalue weighted by atomic mass is 35.5. The molecule has 0 amide bonds.